The van der Waals surface area contributed by atoms with Crippen LogP contribution < -0.4 is 0 Å². The fourth-order valence-corrected chi connectivity index (χ4v) is 2.86. The lowest BCUT2D eigenvalue weighted by Gasteiger charge is -2.10. The number of aliphatic hydroxyl groups excluding tert-OH is 1. The number of amides is 1. The molecular formula is C24H27N3O3. The summed E-state index contributed by atoms with van der Waals surface area (Å²) in [7, 11) is 1.65. The van der Waals surface area contributed by atoms with Gasteiger partial charge in [0.1, 0.15) is 11.8 Å². The Bertz CT molecular complexity index is 1080. The largest absolute Gasteiger partial charge is 0.380 e. The molecule has 0 saturated heterocycles. The van der Waals surface area contributed by atoms with Gasteiger partial charge in [-0.2, -0.15) is 5.10 Å². The molecule has 2 aromatic carbocycles. The van der Waals surface area contributed by atoms with Crippen LogP contribution >= 0.6 is 0 Å². The van der Waals surface area contributed by atoms with Crippen molar-refractivity contribution >= 4 is 23.1 Å². The Kier molecular flexibility index (Phi) is 8.33. The van der Waals surface area contributed by atoms with E-state index >= 15 is 0 Å². The monoisotopic (exact) mass is 405 g/mol. The molecule has 0 aliphatic heterocycles. The average Bonchev–Trinajstić information content (AvgIpc) is 3.17. The summed E-state index contributed by atoms with van der Waals surface area (Å²) in [4.78, 5) is 24.0. The number of para-hydroxylation sites is 1. The lowest BCUT2D eigenvalue weighted by molar-refractivity contribution is -0.117. The highest BCUT2D eigenvalue weighted by molar-refractivity contribution is 6.05. The minimum Gasteiger partial charge on any atom is -0.380 e. The quantitative estimate of drug-likeness (QED) is 0.387. The van der Waals surface area contributed by atoms with Gasteiger partial charge in [-0.25, -0.2) is 4.68 Å². The number of nitrogens with zero attached hydrogens (tertiary/aromatic N) is 3. The molecule has 0 saturated carbocycles. The van der Waals surface area contributed by atoms with Crippen LogP contribution in [0.25, 0.3) is 16.6 Å². The van der Waals surface area contributed by atoms with Gasteiger partial charge in [0.15, 0.2) is 5.78 Å². The van der Waals surface area contributed by atoms with E-state index in [-0.39, 0.29) is 5.78 Å². The predicted octanol–water partition coefficient (Wildman–Crippen LogP) is 3.45. The Labute approximate surface area is 177 Å². The van der Waals surface area contributed by atoms with E-state index in [1.54, 1.807) is 11.7 Å². The summed E-state index contributed by atoms with van der Waals surface area (Å²) in [5, 5.41) is 15.3. The summed E-state index contributed by atoms with van der Waals surface area (Å²) in [5.74, 6) is 5.67. The minimum absolute atomic E-state index is 0.0886. The van der Waals surface area contributed by atoms with E-state index in [0.29, 0.717) is 25.1 Å². The first kappa shape index (κ1) is 22.9. The van der Waals surface area contributed by atoms with Gasteiger partial charge in [0.25, 0.3) is 0 Å². The highest BCUT2D eigenvalue weighted by atomic mass is 16.3. The number of Topliss-reactive ketones (excluding diaryl/α,β-unsaturated/α-hetero) is 1. The zero-order valence-electron chi connectivity index (χ0n) is 17.8. The summed E-state index contributed by atoms with van der Waals surface area (Å²) in [6.45, 7) is 5.94. The molecule has 0 aliphatic carbocycles. The van der Waals surface area contributed by atoms with Crippen LogP contribution in [-0.4, -0.2) is 51.7 Å². The van der Waals surface area contributed by atoms with Crippen molar-refractivity contribution in [1.29, 1.82) is 0 Å². The van der Waals surface area contributed by atoms with Crippen molar-refractivity contribution in [1.82, 2.24) is 14.7 Å². The van der Waals surface area contributed by atoms with Gasteiger partial charge in [-0.05, 0) is 24.3 Å². The van der Waals surface area contributed by atoms with E-state index < -0.39 is 6.10 Å². The van der Waals surface area contributed by atoms with Crippen LogP contribution in [0.15, 0.2) is 48.5 Å². The van der Waals surface area contributed by atoms with Crippen LogP contribution in [0.4, 0.5) is 0 Å². The first-order valence-corrected chi connectivity index (χ1v) is 9.94. The summed E-state index contributed by atoms with van der Waals surface area (Å²) in [6.07, 6.45) is 0.280. The number of carbonyl (C=O) groups excluding carboxylic acids is 2. The molecule has 3 aromatic rings. The molecule has 1 N–H and O–H groups in total. The zero-order chi connectivity index (χ0) is 22.1. The third-order valence-corrected chi connectivity index (χ3v) is 4.33. The number of hydrogen-bond acceptors (Lipinski definition) is 4. The normalized spacial score (nSPS) is 11.0. The zero-order valence-corrected chi connectivity index (χ0v) is 17.8. The van der Waals surface area contributed by atoms with E-state index in [2.05, 4.69) is 16.9 Å². The van der Waals surface area contributed by atoms with Crippen LogP contribution in [0.2, 0.25) is 0 Å². The molecule has 1 atom stereocenters. The Balaban J connectivity index is 0.00000155. The summed E-state index contributed by atoms with van der Waals surface area (Å²) in [5.41, 5.74) is 2.78. The van der Waals surface area contributed by atoms with Crippen molar-refractivity contribution in [3.8, 4) is 17.5 Å². The predicted molar refractivity (Wildman–Crippen MR) is 119 cm³/mol. The van der Waals surface area contributed by atoms with Crippen LogP contribution in [-0.2, 0) is 4.79 Å². The summed E-state index contributed by atoms with van der Waals surface area (Å²) < 4.78 is 1.73. The molecule has 156 valence electrons. The Hall–Kier alpha value is -3.43. The van der Waals surface area contributed by atoms with Gasteiger partial charge < -0.3 is 10.0 Å². The van der Waals surface area contributed by atoms with E-state index in [1.807, 2.05) is 62.4 Å². The van der Waals surface area contributed by atoms with Crippen LogP contribution in [0.3, 0.4) is 0 Å². The number of aromatic nitrogens is 2. The van der Waals surface area contributed by atoms with Gasteiger partial charge in [-0.1, -0.05) is 50.0 Å². The highest BCUT2D eigenvalue weighted by Crippen LogP contribution is 2.22. The SMILES string of the molecule is CC.CC(=O)c1nn(-c2cccc(C#CC(O)CCN(C)C=O)c2)c2ccccc12. The van der Waals surface area contributed by atoms with Gasteiger partial charge >= 0.3 is 0 Å². The standard InChI is InChI=1S/C22H21N3O3.C2H6/c1-16(27)22-20-8-3-4-9-21(20)25(23-22)18-7-5-6-17(14-18)10-11-19(28)12-13-24(2)15-26;1-2/h3-9,14-15,19,28H,12-13H2,1-2H3;1-2H3. The Morgan fingerprint density at radius 1 is 1.23 bits per heavy atom. The smallest absolute Gasteiger partial charge is 0.209 e. The number of fused-ring (bicyclic) bond motifs is 1. The van der Waals surface area contributed by atoms with Crippen molar-refractivity contribution < 1.29 is 14.7 Å². The number of benzene rings is 2. The van der Waals surface area contributed by atoms with Crippen LogP contribution in [0, 0.1) is 11.8 Å². The molecule has 1 heterocycles. The number of rotatable bonds is 6. The minimum atomic E-state index is -0.819. The Morgan fingerprint density at radius 3 is 2.67 bits per heavy atom. The van der Waals surface area contributed by atoms with Crippen molar-refractivity contribution in [3.63, 3.8) is 0 Å². The topological polar surface area (TPSA) is 75.4 Å². The maximum atomic E-state index is 11.9. The molecule has 0 aliphatic rings. The molecule has 30 heavy (non-hydrogen) atoms. The molecule has 1 amide bonds. The second-order valence-electron chi connectivity index (χ2n) is 6.54. The average molecular weight is 405 g/mol. The third kappa shape index (κ3) is 5.56. The van der Waals surface area contributed by atoms with Crippen molar-refractivity contribution in [2.24, 2.45) is 0 Å². The maximum Gasteiger partial charge on any atom is 0.209 e. The number of hydrogen-bond donors (Lipinski definition) is 1. The van der Waals surface area contributed by atoms with Gasteiger partial charge in [-0.3, -0.25) is 9.59 Å². The number of ketones is 1. The summed E-state index contributed by atoms with van der Waals surface area (Å²) >= 11 is 0. The molecule has 0 fully saturated rings. The van der Waals surface area contributed by atoms with E-state index in [0.717, 1.165) is 22.2 Å². The third-order valence-electron chi connectivity index (χ3n) is 4.33. The van der Waals surface area contributed by atoms with E-state index in [1.165, 1.54) is 11.8 Å². The van der Waals surface area contributed by atoms with Crippen molar-refractivity contribution in [2.45, 2.75) is 33.3 Å². The van der Waals surface area contributed by atoms with E-state index in [9.17, 15) is 14.7 Å². The fraction of sp³-hybridized carbons (Fsp3) is 0.292. The molecule has 0 bridgehead atoms. The first-order valence-electron chi connectivity index (χ1n) is 9.94. The second-order valence-corrected chi connectivity index (χ2v) is 6.54. The lowest BCUT2D eigenvalue weighted by atomic mass is 10.1. The maximum absolute atomic E-state index is 11.9. The number of aliphatic hydroxyl groups is 1. The van der Waals surface area contributed by atoms with Gasteiger partial charge in [-0.15, -0.1) is 0 Å². The molecule has 0 spiro atoms. The summed E-state index contributed by atoms with van der Waals surface area (Å²) in [6, 6.07) is 15.0. The molecule has 6 heteroatoms. The van der Waals surface area contributed by atoms with E-state index in [4.69, 9.17) is 0 Å². The van der Waals surface area contributed by atoms with Crippen molar-refractivity contribution in [2.75, 3.05) is 13.6 Å². The van der Waals surface area contributed by atoms with Gasteiger partial charge in [0.05, 0.1) is 11.2 Å². The lowest BCUT2D eigenvalue weighted by Crippen LogP contribution is -2.21. The van der Waals surface area contributed by atoms with Gasteiger partial charge in [0.2, 0.25) is 6.41 Å². The molecular weight excluding hydrogens is 378 g/mol. The molecule has 1 unspecified atom stereocenters. The second kappa shape index (κ2) is 10.9. The molecule has 0 radical (unpaired) electrons. The Morgan fingerprint density at radius 2 is 1.97 bits per heavy atom. The highest BCUT2D eigenvalue weighted by Gasteiger charge is 2.14. The molecule has 3 rings (SSSR count). The first-order chi connectivity index (χ1) is 14.5. The number of carbonyl (C=O) groups is 2. The van der Waals surface area contributed by atoms with Crippen LogP contribution in [0.5, 0.6) is 0 Å². The van der Waals surface area contributed by atoms with Crippen molar-refractivity contribution in [3.05, 3.63) is 59.8 Å². The molecule has 6 nitrogen and oxygen atoms in total. The molecule has 1 aromatic heterocycles. The van der Waals surface area contributed by atoms with Gasteiger partial charge in [0, 0.05) is 37.9 Å². The van der Waals surface area contributed by atoms with Crippen LogP contribution in [0.1, 0.15) is 43.2 Å². The fourth-order valence-electron chi connectivity index (χ4n) is 2.86.